The van der Waals surface area contributed by atoms with Crippen LogP contribution < -0.4 is 10.6 Å². The van der Waals surface area contributed by atoms with Crippen LogP contribution in [0.2, 0.25) is 0 Å². The molecule has 6 heteroatoms. The molecule has 1 rings (SSSR count). The Morgan fingerprint density at radius 2 is 2.20 bits per heavy atom. The predicted molar refractivity (Wildman–Crippen MR) is 81.8 cm³/mol. The lowest BCUT2D eigenvalue weighted by Crippen LogP contribution is -2.37. The molecule has 0 bridgehead atoms. The van der Waals surface area contributed by atoms with E-state index in [1.807, 2.05) is 24.7 Å². The van der Waals surface area contributed by atoms with Crippen LogP contribution in [0, 0.1) is 0 Å². The fourth-order valence-electron chi connectivity index (χ4n) is 1.74. The van der Waals surface area contributed by atoms with E-state index in [1.54, 1.807) is 6.20 Å². The van der Waals surface area contributed by atoms with E-state index in [9.17, 15) is 0 Å². The van der Waals surface area contributed by atoms with Gasteiger partial charge in [0, 0.05) is 39.5 Å². The van der Waals surface area contributed by atoms with Crippen molar-refractivity contribution in [3.05, 3.63) is 18.0 Å². The lowest BCUT2D eigenvalue weighted by Gasteiger charge is -2.11. The highest BCUT2D eigenvalue weighted by Gasteiger charge is 1.99. The lowest BCUT2D eigenvalue weighted by atomic mass is 10.3. The Morgan fingerprint density at radius 3 is 2.85 bits per heavy atom. The summed E-state index contributed by atoms with van der Waals surface area (Å²) in [5.74, 6) is 0.852. The predicted octanol–water partition coefficient (Wildman–Crippen LogP) is 1.29. The van der Waals surface area contributed by atoms with Crippen LogP contribution >= 0.6 is 0 Å². The van der Waals surface area contributed by atoms with Gasteiger partial charge in [-0.2, -0.15) is 5.10 Å². The summed E-state index contributed by atoms with van der Waals surface area (Å²) in [6.45, 7) is 8.11. The molecule has 1 aromatic heterocycles. The van der Waals surface area contributed by atoms with E-state index in [0.717, 1.165) is 50.8 Å². The molecule has 0 unspecified atom stereocenters. The first-order valence-electron chi connectivity index (χ1n) is 7.34. The Morgan fingerprint density at radius 1 is 1.35 bits per heavy atom. The molecule has 0 saturated carbocycles. The van der Waals surface area contributed by atoms with Crippen molar-refractivity contribution in [1.82, 2.24) is 20.4 Å². The number of nitrogens with one attached hydrogen (secondary N) is 2. The van der Waals surface area contributed by atoms with Gasteiger partial charge < -0.3 is 15.4 Å². The zero-order valence-corrected chi connectivity index (χ0v) is 12.9. The van der Waals surface area contributed by atoms with Gasteiger partial charge in [-0.25, -0.2) is 4.99 Å². The molecule has 0 amide bonds. The van der Waals surface area contributed by atoms with Crippen molar-refractivity contribution >= 4 is 5.96 Å². The topological polar surface area (TPSA) is 63.5 Å². The van der Waals surface area contributed by atoms with Crippen molar-refractivity contribution in [2.75, 3.05) is 26.3 Å². The Kier molecular flexibility index (Phi) is 8.46. The van der Waals surface area contributed by atoms with Crippen molar-refractivity contribution in [2.45, 2.75) is 33.2 Å². The van der Waals surface area contributed by atoms with Crippen LogP contribution in [0.25, 0.3) is 0 Å². The van der Waals surface area contributed by atoms with Gasteiger partial charge in [-0.05, 0) is 32.8 Å². The number of aromatic nitrogens is 2. The first kappa shape index (κ1) is 16.5. The van der Waals surface area contributed by atoms with Gasteiger partial charge in [-0.15, -0.1) is 0 Å². The fourth-order valence-corrected chi connectivity index (χ4v) is 1.74. The molecule has 2 N–H and O–H groups in total. The minimum atomic E-state index is 0.630. The van der Waals surface area contributed by atoms with Gasteiger partial charge in [-0.1, -0.05) is 0 Å². The van der Waals surface area contributed by atoms with Crippen LogP contribution in [-0.2, 0) is 18.3 Å². The minimum absolute atomic E-state index is 0.630. The summed E-state index contributed by atoms with van der Waals surface area (Å²) in [4.78, 5) is 4.55. The van der Waals surface area contributed by atoms with Crippen LogP contribution in [0.15, 0.2) is 17.3 Å². The Balaban J connectivity index is 2.30. The smallest absolute Gasteiger partial charge is 0.191 e. The largest absolute Gasteiger partial charge is 0.382 e. The van der Waals surface area contributed by atoms with E-state index in [0.29, 0.717) is 6.54 Å². The van der Waals surface area contributed by atoms with Gasteiger partial charge in [0.1, 0.15) is 0 Å². The summed E-state index contributed by atoms with van der Waals surface area (Å²) in [7, 11) is 1.93. The number of nitrogens with zero attached hydrogens (tertiary/aromatic N) is 3. The molecular formula is C14H27N5O. The van der Waals surface area contributed by atoms with E-state index in [2.05, 4.69) is 27.6 Å². The van der Waals surface area contributed by atoms with Crippen molar-refractivity contribution < 1.29 is 4.74 Å². The second-order valence-corrected chi connectivity index (χ2v) is 4.47. The summed E-state index contributed by atoms with van der Waals surface area (Å²) in [5.41, 5.74) is 1.10. The Labute approximate surface area is 121 Å². The molecule has 20 heavy (non-hydrogen) atoms. The zero-order valence-electron chi connectivity index (χ0n) is 12.9. The molecule has 0 saturated heterocycles. The number of ether oxygens (including phenoxy) is 1. The van der Waals surface area contributed by atoms with Gasteiger partial charge in [0.25, 0.3) is 0 Å². The maximum atomic E-state index is 5.31. The van der Waals surface area contributed by atoms with E-state index in [1.165, 1.54) is 0 Å². The summed E-state index contributed by atoms with van der Waals surface area (Å²) in [5, 5.41) is 10.7. The molecule has 0 atom stereocenters. The van der Waals surface area contributed by atoms with E-state index >= 15 is 0 Å². The maximum Gasteiger partial charge on any atom is 0.191 e. The van der Waals surface area contributed by atoms with Gasteiger partial charge in [-0.3, -0.25) is 4.68 Å². The molecule has 6 nitrogen and oxygen atoms in total. The average molecular weight is 281 g/mol. The first-order chi connectivity index (χ1) is 9.77. The maximum absolute atomic E-state index is 5.31. The monoisotopic (exact) mass is 281 g/mol. The first-order valence-corrected chi connectivity index (χ1v) is 7.34. The number of aryl methyl sites for hydroxylation is 1. The second-order valence-electron chi connectivity index (χ2n) is 4.47. The summed E-state index contributed by atoms with van der Waals surface area (Å²) >= 11 is 0. The van der Waals surface area contributed by atoms with Crippen molar-refractivity contribution in [3.63, 3.8) is 0 Å². The third-order valence-electron chi connectivity index (χ3n) is 2.88. The average Bonchev–Trinajstić information content (AvgIpc) is 2.85. The van der Waals surface area contributed by atoms with Crippen molar-refractivity contribution in [2.24, 2.45) is 12.0 Å². The van der Waals surface area contributed by atoms with Crippen LogP contribution in [0.1, 0.15) is 32.4 Å². The molecule has 1 aromatic rings. The van der Waals surface area contributed by atoms with Crippen LogP contribution in [0.5, 0.6) is 0 Å². The van der Waals surface area contributed by atoms with Gasteiger partial charge in [0.05, 0.1) is 12.2 Å². The third-order valence-corrected chi connectivity index (χ3v) is 2.88. The van der Waals surface area contributed by atoms with E-state index < -0.39 is 0 Å². The van der Waals surface area contributed by atoms with Crippen molar-refractivity contribution in [3.8, 4) is 0 Å². The molecule has 0 aliphatic carbocycles. The standard InChI is InChI=1S/C14H27N5O/c1-4-15-14(16-9-6-7-11-20-5-2)17-12-13-8-10-18-19(13)3/h8,10H,4-7,9,11-12H2,1-3H3,(H2,15,16,17). The van der Waals surface area contributed by atoms with E-state index in [4.69, 9.17) is 4.74 Å². The number of hydrogen-bond donors (Lipinski definition) is 2. The number of unbranched alkanes of at least 4 members (excludes halogenated alkanes) is 1. The number of rotatable bonds is 9. The highest BCUT2D eigenvalue weighted by molar-refractivity contribution is 5.79. The SMILES string of the molecule is CCNC(=NCc1ccnn1C)NCCCCOCC. The Hall–Kier alpha value is -1.56. The van der Waals surface area contributed by atoms with Gasteiger partial charge in [0.2, 0.25) is 0 Å². The summed E-state index contributed by atoms with van der Waals surface area (Å²) in [6, 6.07) is 1.98. The third kappa shape index (κ3) is 6.56. The van der Waals surface area contributed by atoms with Crippen LogP contribution in [0.3, 0.4) is 0 Å². The summed E-state index contributed by atoms with van der Waals surface area (Å²) < 4.78 is 7.16. The Bertz CT molecular complexity index is 389. The molecule has 0 spiro atoms. The molecule has 1 heterocycles. The molecule has 0 fully saturated rings. The quantitative estimate of drug-likeness (QED) is 0.407. The fraction of sp³-hybridized carbons (Fsp3) is 0.714. The van der Waals surface area contributed by atoms with Crippen molar-refractivity contribution in [1.29, 1.82) is 0 Å². The van der Waals surface area contributed by atoms with Gasteiger partial charge >= 0.3 is 0 Å². The molecule has 0 aromatic carbocycles. The molecule has 114 valence electrons. The highest BCUT2D eigenvalue weighted by Crippen LogP contribution is 1.98. The second kappa shape index (κ2) is 10.3. The number of guanidine groups is 1. The van der Waals surface area contributed by atoms with Gasteiger partial charge in [0.15, 0.2) is 5.96 Å². The van der Waals surface area contributed by atoms with E-state index in [-0.39, 0.29) is 0 Å². The minimum Gasteiger partial charge on any atom is -0.382 e. The van der Waals surface area contributed by atoms with Crippen LogP contribution in [-0.4, -0.2) is 42.0 Å². The molecular weight excluding hydrogens is 254 g/mol. The number of aliphatic imine (C=N–C) groups is 1. The zero-order chi connectivity index (χ0) is 14.6. The molecule has 0 aliphatic heterocycles. The number of hydrogen-bond acceptors (Lipinski definition) is 3. The lowest BCUT2D eigenvalue weighted by molar-refractivity contribution is 0.143. The van der Waals surface area contributed by atoms with Crippen LogP contribution in [0.4, 0.5) is 0 Å². The normalized spacial score (nSPS) is 11.7. The highest BCUT2D eigenvalue weighted by atomic mass is 16.5. The molecule has 0 radical (unpaired) electrons. The summed E-state index contributed by atoms with van der Waals surface area (Å²) in [6.07, 6.45) is 3.94. The molecule has 0 aliphatic rings.